The molecule has 0 spiro atoms. The van der Waals surface area contributed by atoms with Crippen LogP contribution in [0.4, 0.5) is 10.5 Å². The van der Waals surface area contributed by atoms with E-state index in [2.05, 4.69) is 4.98 Å². The average molecular weight is 419 g/mol. The lowest BCUT2D eigenvalue weighted by Gasteiger charge is -2.32. The fourth-order valence-electron chi connectivity index (χ4n) is 2.40. The van der Waals surface area contributed by atoms with Gasteiger partial charge in [-0.05, 0) is 56.8 Å². The van der Waals surface area contributed by atoms with Gasteiger partial charge in [-0.25, -0.2) is 14.6 Å². The molecule has 29 heavy (non-hydrogen) atoms. The van der Waals surface area contributed by atoms with Crippen LogP contribution in [0.3, 0.4) is 0 Å². The molecule has 1 aromatic carbocycles. The molecule has 2 rings (SSSR count). The van der Waals surface area contributed by atoms with E-state index < -0.39 is 34.0 Å². The van der Waals surface area contributed by atoms with E-state index in [0.29, 0.717) is 11.8 Å². The van der Waals surface area contributed by atoms with E-state index in [1.165, 1.54) is 24.4 Å². The Hall–Kier alpha value is -3.14. The molecule has 0 aliphatic rings. The first kappa shape index (κ1) is 22.2. The van der Waals surface area contributed by atoms with Crippen molar-refractivity contribution in [3.8, 4) is 0 Å². The Labute approximate surface area is 171 Å². The molecule has 154 valence electrons. The molecule has 0 saturated heterocycles. The minimum Gasteiger partial charge on any atom is -0.479 e. The fourth-order valence-corrected chi connectivity index (χ4v) is 3.38. The van der Waals surface area contributed by atoms with Crippen molar-refractivity contribution in [2.75, 3.05) is 4.90 Å². The fraction of sp³-hybridized carbons (Fsp3) is 0.316. The predicted molar refractivity (Wildman–Crippen MR) is 107 cm³/mol. The van der Waals surface area contributed by atoms with Gasteiger partial charge >= 0.3 is 12.1 Å². The lowest BCUT2D eigenvalue weighted by Crippen LogP contribution is -2.54. The van der Waals surface area contributed by atoms with Crippen LogP contribution in [0.5, 0.6) is 0 Å². The molecule has 1 N–H and O–H groups in total. The molecule has 1 aromatic heterocycles. The van der Waals surface area contributed by atoms with E-state index in [-0.39, 0.29) is 10.7 Å². The summed E-state index contributed by atoms with van der Waals surface area (Å²) in [7, 11) is 0. The zero-order valence-corrected chi connectivity index (χ0v) is 16.9. The first-order chi connectivity index (χ1) is 13.6. The van der Waals surface area contributed by atoms with Crippen LogP contribution in [0.25, 0.3) is 0 Å². The van der Waals surface area contributed by atoms with Gasteiger partial charge in [0.2, 0.25) is 6.04 Å². The molecule has 2 atom stereocenters. The van der Waals surface area contributed by atoms with Gasteiger partial charge in [-0.3, -0.25) is 15.0 Å². The summed E-state index contributed by atoms with van der Waals surface area (Å²) >= 11 is 0.651. The number of nitrogens with zero attached hydrogens (tertiary/aromatic N) is 3. The maximum Gasteiger partial charge on any atom is 0.415 e. The zero-order chi connectivity index (χ0) is 21.6. The minimum absolute atomic E-state index is 0.169. The average Bonchev–Trinajstić information content (AvgIpc) is 2.64. The number of hydrogen-bond acceptors (Lipinski definition) is 7. The normalized spacial score (nSPS) is 13.2. The van der Waals surface area contributed by atoms with Gasteiger partial charge in [-0.2, -0.15) is 0 Å². The maximum atomic E-state index is 12.9. The SMILES string of the molecule is CC(C)(C)OC(=O)N(c1ccccc1)[C@H](C(=O)O)C(Sc1ccccn1)[N+](=O)[O-]. The van der Waals surface area contributed by atoms with Crippen molar-refractivity contribution in [1.29, 1.82) is 0 Å². The number of rotatable bonds is 7. The second kappa shape index (κ2) is 9.37. The molecular weight excluding hydrogens is 398 g/mol. The first-order valence-corrected chi connectivity index (χ1v) is 9.49. The van der Waals surface area contributed by atoms with Crippen LogP contribution in [0.15, 0.2) is 59.8 Å². The topological polar surface area (TPSA) is 123 Å². The number of carbonyl (C=O) groups excluding carboxylic acids is 1. The maximum absolute atomic E-state index is 12.9. The van der Waals surface area contributed by atoms with Gasteiger partial charge in [0.1, 0.15) is 10.6 Å². The van der Waals surface area contributed by atoms with Crippen molar-refractivity contribution >= 4 is 29.5 Å². The van der Waals surface area contributed by atoms with E-state index in [4.69, 9.17) is 4.74 Å². The Morgan fingerprint density at radius 1 is 1.17 bits per heavy atom. The molecule has 0 radical (unpaired) electrons. The molecule has 1 amide bonds. The van der Waals surface area contributed by atoms with Crippen molar-refractivity contribution < 1.29 is 24.4 Å². The number of ether oxygens (including phenoxy) is 1. The molecule has 0 bridgehead atoms. The molecule has 10 heteroatoms. The van der Waals surface area contributed by atoms with Gasteiger partial charge in [-0.15, -0.1) is 0 Å². The summed E-state index contributed by atoms with van der Waals surface area (Å²) in [6.07, 6.45) is 0.447. The van der Waals surface area contributed by atoms with Gasteiger partial charge < -0.3 is 9.84 Å². The van der Waals surface area contributed by atoms with E-state index in [0.717, 1.165) is 4.90 Å². The van der Waals surface area contributed by atoms with Crippen LogP contribution in [-0.4, -0.2) is 44.1 Å². The van der Waals surface area contributed by atoms with Crippen LogP contribution >= 0.6 is 11.8 Å². The molecule has 0 fully saturated rings. The number of thioether (sulfide) groups is 1. The van der Waals surface area contributed by atoms with Crippen molar-refractivity contribution in [2.24, 2.45) is 0 Å². The van der Waals surface area contributed by atoms with Crippen molar-refractivity contribution in [1.82, 2.24) is 4.98 Å². The molecule has 0 aliphatic carbocycles. The molecular formula is C19H21N3O6S. The number of carbonyl (C=O) groups is 2. The minimum atomic E-state index is -1.84. The van der Waals surface area contributed by atoms with Crippen LogP contribution in [0.1, 0.15) is 20.8 Å². The van der Waals surface area contributed by atoms with Crippen LogP contribution in [-0.2, 0) is 9.53 Å². The largest absolute Gasteiger partial charge is 0.479 e. The van der Waals surface area contributed by atoms with Gasteiger partial charge in [0.05, 0.1) is 0 Å². The summed E-state index contributed by atoms with van der Waals surface area (Å²) in [5.74, 6) is -1.54. The number of aliphatic carboxylic acids is 1. The zero-order valence-electron chi connectivity index (χ0n) is 16.1. The molecule has 1 unspecified atom stereocenters. The third-order valence-corrected chi connectivity index (χ3v) is 4.67. The number of nitro groups is 1. The number of hydrogen-bond donors (Lipinski definition) is 1. The molecule has 2 aromatic rings. The van der Waals surface area contributed by atoms with Crippen LogP contribution in [0.2, 0.25) is 0 Å². The highest BCUT2D eigenvalue weighted by Crippen LogP contribution is 2.30. The summed E-state index contributed by atoms with van der Waals surface area (Å²) < 4.78 is 5.34. The molecule has 9 nitrogen and oxygen atoms in total. The van der Waals surface area contributed by atoms with Crippen molar-refractivity contribution in [3.63, 3.8) is 0 Å². The number of aromatic nitrogens is 1. The monoisotopic (exact) mass is 419 g/mol. The number of pyridine rings is 1. The van der Waals surface area contributed by atoms with E-state index in [1.54, 1.807) is 51.1 Å². The standard InChI is InChI=1S/C19H21N3O6S/c1-19(2,3)28-18(25)21(13-9-5-4-6-10-13)15(17(23)24)16(22(26)27)29-14-11-7-8-12-20-14/h4-12,15-16H,1-3H3,(H,23,24)/t15-,16?/m0/s1. The molecule has 0 saturated carbocycles. The van der Waals surface area contributed by atoms with Gasteiger partial charge in [0.15, 0.2) is 0 Å². The lowest BCUT2D eigenvalue weighted by atomic mass is 10.2. The third kappa shape index (κ3) is 6.18. The smallest absolute Gasteiger partial charge is 0.415 e. The lowest BCUT2D eigenvalue weighted by molar-refractivity contribution is -0.496. The number of amides is 1. The number of anilines is 1. The Balaban J connectivity index is 2.52. The second-order valence-corrected chi connectivity index (χ2v) is 8.07. The highest BCUT2D eigenvalue weighted by molar-refractivity contribution is 7.99. The van der Waals surface area contributed by atoms with Crippen LogP contribution < -0.4 is 4.90 Å². The third-order valence-electron chi connectivity index (χ3n) is 3.51. The van der Waals surface area contributed by atoms with Gasteiger partial charge in [0, 0.05) is 16.8 Å². The Morgan fingerprint density at radius 3 is 2.28 bits per heavy atom. The molecule has 0 aliphatic heterocycles. The van der Waals surface area contributed by atoms with Gasteiger partial charge in [-0.1, -0.05) is 24.3 Å². The summed E-state index contributed by atoms with van der Waals surface area (Å²) in [6.45, 7) is 4.87. The second-order valence-electron chi connectivity index (χ2n) is 6.93. The molecule has 1 heterocycles. The van der Waals surface area contributed by atoms with Crippen molar-refractivity contribution in [3.05, 3.63) is 64.8 Å². The Bertz CT molecular complexity index is 857. The van der Waals surface area contributed by atoms with Crippen molar-refractivity contribution in [2.45, 2.75) is 42.8 Å². The number of carboxylic acids is 1. The number of benzene rings is 1. The number of carboxylic acid groups (broad SMARTS) is 1. The van der Waals surface area contributed by atoms with Gasteiger partial charge in [0.25, 0.3) is 5.37 Å². The summed E-state index contributed by atoms with van der Waals surface area (Å²) in [5.41, 5.74) is -0.756. The predicted octanol–water partition coefficient (Wildman–Crippen LogP) is 3.67. The highest BCUT2D eigenvalue weighted by Gasteiger charge is 2.47. The summed E-state index contributed by atoms with van der Waals surface area (Å²) in [6, 6.07) is 10.8. The first-order valence-electron chi connectivity index (χ1n) is 8.61. The van der Waals surface area contributed by atoms with Crippen LogP contribution in [0, 0.1) is 10.1 Å². The van der Waals surface area contributed by atoms with E-state index in [1.807, 2.05) is 0 Å². The van der Waals surface area contributed by atoms with E-state index in [9.17, 15) is 24.8 Å². The highest BCUT2D eigenvalue weighted by atomic mass is 32.2. The van der Waals surface area contributed by atoms with E-state index >= 15 is 0 Å². The summed E-state index contributed by atoms with van der Waals surface area (Å²) in [4.78, 5) is 40.9. The Kier molecular flexibility index (Phi) is 7.16. The summed E-state index contributed by atoms with van der Waals surface area (Å²) in [5, 5.41) is 20.2. The Morgan fingerprint density at radius 2 is 1.79 bits per heavy atom. The quantitative estimate of drug-likeness (QED) is 0.312. The number of para-hydroxylation sites is 1.